The molecule has 0 bridgehead atoms. The first-order valence-corrected chi connectivity index (χ1v) is 4.29. The van der Waals surface area contributed by atoms with Gasteiger partial charge < -0.3 is 4.74 Å². The van der Waals surface area contributed by atoms with Crippen LogP contribution in [0.3, 0.4) is 0 Å². The van der Waals surface area contributed by atoms with Gasteiger partial charge in [0, 0.05) is 5.39 Å². The Hall–Kier alpha value is -2.17. The van der Waals surface area contributed by atoms with Gasteiger partial charge in [-0.15, -0.1) is 0 Å². The summed E-state index contributed by atoms with van der Waals surface area (Å²) in [5, 5.41) is 6.86. The predicted molar refractivity (Wildman–Crippen MR) is 53.7 cm³/mol. The Kier molecular flexibility index (Phi) is 2.21. The molecule has 0 aliphatic carbocycles. The summed E-state index contributed by atoms with van der Waals surface area (Å²) in [7, 11) is 1.29. The average molecular weight is 204 g/mol. The van der Waals surface area contributed by atoms with Crippen LogP contribution in [0.4, 0.5) is 0 Å². The number of carbonyl (C=O) groups excluding carboxylic acids is 1. The zero-order valence-electron chi connectivity index (χ0n) is 7.98. The number of fused-ring (bicyclic) bond motifs is 1. The van der Waals surface area contributed by atoms with Gasteiger partial charge in [0.05, 0.1) is 24.3 Å². The molecule has 2 aromatic rings. The van der Waals surface area contributed by atoms with Gasteiger partial charge in [0.2, 0.25) is 0 Å². The van der Waals surface area contributed by atoms with E-state index >= 15 is 0 Å². The van der Waals surface area contributed by atoms with Gasteiger partial charge >= 0.3 is 5.97 Å². The van der Waals surface area contributed by atoms with Crippen molar-refractivity contribution < 1.29 is 9.53 Å². The van der Waals surface area contributed by atoms with E-state index in [-0.39, 0.29) is 5.56 Å². The molecule has 0 radical (unpaired) electrons. The number of ether oxygens (including phenoxy) is 1. The lowest BCUT2D eigenvalue weighted by Gasteiger charge is -2.02. The minimum atomic E-state index is -0.479. The van der Waals surface area contributed by atoms with Gasteiger partial charge in [-0.1, -0.05) is 6.07 Å². The first-order valence-electron chi connectivity index (χ1n) is 4.29. The van der Waals surface area contributed by atoms with E-state index in [1.807, 2.05) is 0 Å². The molecule has 15 heavy (non-hydrogen) atoms. The number of nitrogens with one attached hydrogen (secondary N) is 1. The topological polar surface area (TPSA) is 72.1 Å². The zero-order chi connectivity index (χ0) is 10.8. The van der Waals surface area contributed by atoms with Crippen molar-refractivity contribution in [3.05, 3.63) is 40.3 Å². The molecular formula is C10H8N2O3. The first kappa shape index (κ1) is 9.39. The quantitative estimate of drug-likeness (QED) is 0.694. The number of aromatic amines is 1. The lowest BCUT2D eigenvalue weighted by atomic mass is 10.1. The summed E-state index contributed by atoms with van der Waals surface area (Å²) in [6, 6.07) is 4.85. The number of nitrogens with zero attached hydrogens (tertiary/aromatic N) is 1. The first-order chi connectivity index (χ1) is 7.24. The second-order valence-corrected chi connectivity index (χ2v) is 2.96. The number of aromatic nitrogens is 2. The molecule has 2 rings (SSSR count). The van der Waals surface area contributed by atoms with E-state index < -0.39 is 5.97 Å². The maximum Gasteiger partial charge on any atom is 0.338 e. The molecule has 0 aliphatic rings. The van der Waals surface area contributed by atoms with E-state index in [1.165, 1.54) is 13.3 Å². The SMILES string of the molecule is COC(=O)c1cccc2c(=O)[nH]ncc12. The van der Waals surface area contributed by atoms with Gasteiger partial charge in [0.1, 0.15) is 0 Å². The van der Waals surface area contributed by atoms with Crippen LogP contribution >= 0.6 is 0 Å². The summed E-state index contributed by atoms with van der Waals surface area (Å²) in [4.78, 5) is 22.7. The molecule has 0 spiro atoms. The number of hydrogen-bond donors (Lipinski definition) is 1. The highest BCUT2D eigenvalue weighted by molar-refractivity contribution is 6.03. The van der Waals surface area contributed by atoms with E-state index in [0.29, 0.717) is 16.3 Å². The van der Waals surface area contributed by atoms with Gasteiger partial charge in [0.15, 0.2) is 0 Å². The summed E-state index contributed by atoms with van der Waals surface area (Å²) in [5.74, 6) is -0.479. The Morgan fingerprint density at radius 2 is 2.20 bits per heavy atom. The smallest absolute Gasteiger partial charge is 0.338 e. The van der Waals surface area contributed by atoms with Crippen LogP contribution in [0.5, 0.6) is 0 Å². The van der Waals surface area contributed by atoms with Gasteiger partial charge in [-0.2, -0.15) is 5.10 Å². The maximum atomic E-state index is 11.4. The molecular weight excluding hydrogens is 196 g/mol. The van der Waals surface area contributed by atoms with E-state index in [2.05, 4.69) is 14.9 Å². The van der Waals surface area contributed by atoms with Crippen molar-refractivity contribution in [1.29, 1.82) is 0 Å². The third-order valence-electron chi connectivity index (χ3n) is 2.12. The van der Waals surface area contributed by atoms with Crippen LogP contribution in [0, 0.1) is 0 Å². The lowest BCUT2D eigenvalue weighted by molar-refractivity contribution is 0.0603. The van der Waals surface area contributed by atoms with Crippen LogP contribution in [0.15, 0.2) is 29.2 Å². The molecule has 0 saturated heterocycles. The summed E-state index contributed by atoms with van der Waals surface area (Å²) < 4.78 is 4.61. The molecule has 0 atom stereocenters. The Balaban J connectivity index is 2.83. The fraction of sp³-hybridized carbons (Fsp3) is 0.100. The summed E-state index contributed by atoms with van der Waals surface area (Å²) in [6.45, 7) is 0. The monoisotopic (exact) mass is 204 g/mol. The van der Waals surface area contributed by atoms with Crippen LogP contribution in [0.2, 0.25) is 0 Å². The minimum Gasteiger partial charge on any atom is -0.465 e. The zero-order valence-corrected chi connectivity index (χ0v) is 7.98. The Bertz CT molecular complexity index is 574. The Labute approximate surface area is 84.7 Å². The number of carbonyl (C=O) groups is 1. The molecule has 0 fully saturated rings. The number of H-pyrrole nitrogens is 1. The molecule has 1 aromatic heterocycles. The van der Waals surface area contributed by atoms with Crippen LogP contribution in [0.1, 0.15) is 10.4 Å². The summed E-state index contributed by atoms with van der Waals surface area (Å²) in [5.41, 5.74) is 0.0202. The van der Waals surface area contributed by atoms with Crippen molar-refractivity contribution in [1.82, 2.24) is 10.2 Å². The predicted octanol–water partition coefficient (Wildman–Crippen LogP) is 0.710. The Morgan fingerprint density at radius 1 is 1.40 bits per heavy atom. The number of benzene rings is 1. The van der Waals surface area contributed by atoms with Crippen molar-refractivity contribution in [2.24, 2.45) is 0 Å². The largest absolute Gasteiger partial charge is 0.465 e. The normalized spacial score (nSPS) is 10.2. The summed E-state index contributed by atoms with van der Waals surface area (Å²) >= 11 is 0. The third kappa shape index (κ3) is 1.48. The molecule has 0 aliphatic heterocycles. The van der Waals surface area contributed by atoms with Crippen LogP contribution < -0.4 is 5.56 Å². The van der Waals surface area contributed by atoms with E-state index in [0.717, 1.165) is 0 Å². The highest BCUT2D eigenvalue weighted by atomic mass is 16.5. The molecule has 5 heteroatoms. The molecule has 1 heterocycles. The molecule has 1 N–H and O–H groups in total. The van der Waals surface area contributed by atoms with Gasteiger partial charge in [0.25, 0.3) is 5.56 Å². The average Bonchev–Trinajstić information content (AvgIpc) is 2.28. The number of hydrogen-bond acceptors (Lipinski definition) is 4. The minimum absolute atomic E-state index is 0.321. The standard InChI is InChI=1S/C10H8N2O3/c1-15-10(14)7-4-2-3-6-8(7)5-11-12-9(6)13/h2-5H,1H3,(H,12,13). The maximum absolute atomic E-state index is 11.4. The second-order valence-electron chi connectivity index (χ2n) is 2.96. The van der Waals surface area contributed by atoms with Crippen molar-refractivity contribution in [2.45, 2.75) is 0 Å². The van der Waals surface area contributed by atoms with E-state index in [9.17, 15) is 9.59 Å². The van der Waals surface area contributed by atoms with Gasteiger partial charge in [-0.05, 0) is 12.1 Å². The molecule has 0 saturated carbocycles. The van der Waals surface area contributed by atoms with Crippen LogP contribution in [-0.2, 0) is 4.74 Å². The second kappa shape index (κ2) is 3.53. The van der Waals surface area contributed by atoms with Crippen molar-refractivity contribution >= 4 is 16.7 Å². The van der Waals surface area contributed by atoms with Gasteiger partial charge in [-0.25, -0.2) is 9.89 Å². The highest BCUT2D eigenvalue weighted by Gasteiger charge is 2.11. The van der Waals surface area contributed by atoms with Crippen LogP contribution in [0.25, 0.3) is 10.8 Å². The van der Waals surface area contributed by atoms with Crippen molar-refractivity contribution in [2.75, 3.05) is 7.11 Å². The number of esters is 1. The lowest BCUT2D eigenvalue weighted by Crippen LogP contribution is -2.10. The molecule has 0 amide bonds. The molecule has 5 nitrogen and oxygen atoms in total. The number of methoxy groups -OCH3 is 1. The van der Waals surface area contributed by atoms with Crippen molar-refractivity contribution in [3.63, 3.8) is 0 Å². The van der Waals surface area contributed by atoms with Gasteiger partial charge in [-0.3, -0.25) is 4.79 Å². The fourth-order valence-corrected chi connectivity index (χ4v) is 1.41. The molecule has 0 unspecified atom stereocenters. The number of rotatable bonds is 1. The van der Waals surface area contributed by atoms with E-state index in [4.69, 9.17) is 0 Å². The fourth-order valence-electron chi connectivity index (χ4n) is 1.41. The molecule has 1 aromatic carbocycles. The van der Waals surface area contributed by atoms with E-state index in [1.54, 1.807) is 18.2 Å². The van der Waals surface area contributed by atoms with Crippen LogP contribution in [-0.4, -0.2) is 23.3 Å². The third-order valence-corrected chi connectivity index (χ3v) is 2.12. The Morgan fingerprint density at radius 3 is 2.93 bits per heavy atom. The molecule has 76 valence electrons. The summed E-state index contributed by atoms with van der Waals surface area (Å²) in [6.07, 6.45) is 1.43. The highest BCUT2D eigenvalue weighted by Crippen LogP contribution is 2.14. The van der Waals surface area contributed by atoms with Crippen molar-refractivity contribution in [3.8, 4) is 0 Å².